The molecule has 0 bridgehead atoms. The van der Waals surface area contributed by atoms with Crippen LogP contribution >= 0.6 is 0 Å². The number of aliphatic hydroxyl groups is 1. The largest absolute Gasteiger partial charge is 0.397 e. The van der Waals surface area contributed by atoms with Crippen molar-refractivity contribution in [2.45, 2.75) is 25.3 Å². The maximum Gasteiger partial charge on any atom is 0.251 e. The van der Waals surface area contributed by atoms with Gasteiger partial charge < -0.3 is 26.2 Å². The van der Waals surface area contributed by atoms with Crippen molar-refractivity contribution in [1.82, 2.24) is 5.32 Å². The second-order valence-electron chi connectivity index (χ2n) is 5.34. The van der Waals surface area contributed by atoms with E-state index in [0.717, 1.165) is 0 Å². The SMILES string of the molecule is CCNC(=O)c1ccc(N)c(NC2(CO)CCOCC2)c1. The number of nitrogens with two attached hydrogens (primary N) is 1. The van der Waals surface area contributed by atoms with Gasteiger partial charge in [-0.05, 0) is 38.0 Å². The van der Waals surface area contributed by atoms with Crippen LogP contribution in [-0.2, 0) is 4.74 Å². The van der Waals surface area contributed by atoms with Crippen LogP contribution in [0.4, 0.5) is 11.4 Å². The Morgan fingerprint density at radius 3 is 2.76 bits per heavy atom. The van der Waals surface area contributed by atoms with Gasteiger partial charge in [-0.3, -0.25) is 4.79 Å². The highest BCUT2D eigenvalue weighted by atomic mass is 16.5. The molecule has 1 aliphatic heterocycles. The molecule has 6 nitrogen and oxygen atoms in total. The van der Waals surface area contributed by atoms with Crippen LogP contribution in [-0.4, -0.2) is 42.9 Å². The fourth-order valence-corrected chi connectivity index (χ4v) is 2.44. The van der Waals surface area contributed by atoms with Crippen molar-refractivity contribution in [2.24, 2.45) is 0 Å². The molecule has 21 heavy (non-hydrogen) atoms. The fraction of sp³-hybridized carbons (Fsp3) is 0.533. The zero-order valence-corrected chi connectivity index (χ0v) is 12.3. The molecule has 2 rings (SSSR count). The maximum atomic E-state index is 11.9. The molecule has 0 aliphatic carbocycles. The summed E-state index contributed by atoms with van der Waals surface area (Å²) in [7, 11) is 0. The van der Waals surface area contributed by atoms with Gasteiger partial charge >= 0.3 is 0 Å². The first-order valence-electron chi connectivity index (χ1n) is 7.25. The molecule has 1 fully saturated rings. The molecule has 1 heterocycles. The Labute approximate surface area is 124 Å². The number of hydrogen-bond donors (Lipinski definition) is 4. The summed E-state index contributed by atoms with van der Waals surface area (Å²) in [6.45, 7) is 3.65. The minimum atomic E-state index is -0.438. The molecule has 1 aliphatic rings. The summed E-state index contributed by atoms with van der Waals surface area (Å²) in [4.78, 5) is 11.9. The molecule has 0 saturated carbocycles. The van der Waals surface area contributed by atoms with E-state index in [0.29, 0.717) is 49.5 Å². The minimum Gasteiger partial charge on any atom is -0.397 e. The molecule has 6 heteroatoms. The Hall–Kier alpha value is -1.79. The third kappa shape index (κ3) is 3.65. The van der Waals surface area contributed by atoms with Gasteiger partial charge in [0.05, 0.1) is 23.5 Å². The summed E-state index contributed by atoms with van der Waals surface area (Å²) in [6, 6.07) is 5.13. The van der Waals surface area contributed by atoms with Crippen LogP contribution in [0, 0.1) is 0 Å². The molecule has 0 radical (unpaired) electrons. The van der Waals surface area contributed by atoms with E-state index in [-0.39, 0.29) is 12.5 Å². The van der Waals surface area contributed by atoms with Gasteiger partial charge in [-0.15, -0.1) is 0 Å². The summed E-state index contributed by atoms with van der Waals surface area (Å²) in [5.41, 5.74) is 7.33. The van der Waals surface area contributed by atoms with Gasteiger partial charge in [0.15, 0.2) is 0 Å². The number of amides is 1. The Balaban J connectivity index is 2.21. The number of anilines is 2. The molecule has 0 spiro atoms. The van der Waals surface area contributed by atoms with Crippen molar-refractivity contribution in [3.8, 4) is 0 Å². The standard InChI is InChI=1S/C15H23N3O3/c1-2-17-14(20)11-3-4-12(16)13(9-11)18-15(10-19)5-7-21-8-6-15/h3-4,9,18-19H,2,5-8,10,16H2,1H3,(H,17,20). The predicted molar refractivity (Wildman–Crippen MR) is 82.4 cm³/mol. The number of carbonyl (C=O) groups excluding carboxylic acids is 1. The highest BCUT2D eigenvalue weighted by Crippen LogP contribution is 2.29. The number of nitrogen functional groups attached to an aromatic ring is 1. The quantitative estimate of drug-likeness (QED) is 0.607. The van der Waals surface area contributed by atoms with Crippen LogP contribution in [0.1, 0.15) is 30.1 Å². The number of benzene rings is 1. The molecule has 1 aromatic rings. The molecule has 1 saturated heterocycles. The van der Waals surface area contributed by atoms with E-state index in [1.807, 2.05) is 6.92 Å². The number of carbonyl (C=O) groups is 1. The van der Waals surface area contributed by atoms with Gasteiger partial charge in [0.1, 0.15) is 0 Å². The number of hydrogen-bond acceptors (Lipinski definition) is 5. The van der Waals surface area contributed by atoms with Crippen molar-refractivity contribution < 1.29 is 14.6 Å². The van der Waals surface area contributed by atoms with E-state index in [1.54, 1.807) is 18.2 Å². The van der Waals surface area contributed by atoms with Gasteiger partial charge in [0.2, 0.25) is 0 Å². The van der Waals surface area contributed by atoms with E-state index in [4.69, 9.17) is 10.5 Å². The molecule has 0 atom stereocenters. The normalized spacial score (nSPS) is 17.2. The predicted octanol–water partition coefficient (Wildman–Crippen LogP) is 0.972. The number of aliphatic hydroxyl groups excluding tert-OH is 1. The van der Waals surface area contributed by atoms with Crippen molar-refractivity contribution in [3.05, 3.63) is 23.8 Å². The lowest BCUT2D eigenvalue weighted by atomic mass is 9.90. The molecule has 0 unspecified atom stereocenters. The first kappa shape index (κ1) is 15.6. The lowest BCUT2D eigenvalue weighted by Gasteiger charge is -2.37. The smallest absolute Gasteiger partial charge is 0.251 e. The van der Waals surface area contributed by atoms with Crippen molar-refractivity contribution in [3.63, 3.8) is 0 Å². The molecule has 0 aromatic heterocycles. The summed E-state index contributed by atoms with van der Waals surface area (Å²) in [5.74, 6) is -0.134. The van der Waals surface area contributed by atoms with Gasteiger partial charge in [0.25, 0.3) is 5.91 Å². The van der Waals surface area contributed by atoms with Crippen LogP contribution in [0.25, 0.3) is 0 Å². The molecule has 116 valence electrons. The van der Waals surface area contributed by atoms with Crippen LogP contribution in [0.2, 0.25) is 0 Å². The summed E-state index contributed by atoms with van der Waals surface area (Å²) < 4.78 is 5.34. The second-order valence-corrected chi connectivity index (χ2v) is 5.34. The maximum absolute atomic E-state index is 11.9. The highest BCUT2D eigenvalue weighted by Gasteiger charge is 2.32. The van der Waals surface area contributed by atoms with Crippen molar-refractivity contribution in [2.75, 3.05) is 37.4 Å². The average molecular weight is 293 g/mol. The molecule has 1 aromatic carbocycles. The lowest BCUT2D eigenvalue weighted by Crippen LogP contribution is -2.47. The Morgan fingerprint density at radius 1 is 1.43 bits per heavy atom. The third-order valence-corrected chi connectivity index (χ3v) is 3.81. The van der Waals surface area contributed by atoms with E-state index in [9.17, 15) is 9.90 Å². The van der Waals surface area contributed by atoms with Gasteiger partial charge in [0, 0.05) is 25.3 Å². The zero-order valence-electron chi connectivity index (χ0n) is 12.3. The first-order valence-corrected chi connectivity index (χ1v) is 7.25. The number of ether oxygens (including phenoxy) is 1. The summed E-state index contributed by atoms with van der Waals surface area (Å²) >= 11 is 0. The summed E-state index contributed by atoms with van der Waals surface area (Å²) in [5, 5.41) is 15.8. The third-order valence-electron chi connectivity index (χ3n) is 3.81. The van der Waals surface area contributed by atoms with Crippen LogP contribution in [0.15, 0.2) is 18.2 Å². The second kappa shape index (κ2) is 6.78. The first-order chi connectivity index (χ1) is 10.1. The lowest BCUT2D eigenvalue weighted by molar-refractivity contribution is 0.0380. The zero-order chi connectivity index (χ0) is 15.3. The summed E-state index contributed by atoms with van der Waals surface area (Å²) in [6.07, 6.45) is 1.41. The minimum absolute atomic E-state index is 0.00117. The topological polar surface area (TPSA) is 96.6 Å². The van der Waals surface area contributed by atoms with Crippen LogP contribution in [0.5, 0.6) is 0 Å². The van der Waals surface area contributed by atoms with E-state index < -0.39 is 5.54 Å². The average Bonchev–Trinajstić information content (AvgIpc) is 2.50. The molecular formula is C15H23N3O3. The monoisotopic (exact) mass is 293 g/mol. The van der Waals surface area contributed by atoms with Crippen molar-refractivity contribution in [1.29, 1.82) is 0 Å². The molecular weight excluding hydrogens is 270 g/mol. The Kier molecular flexibility index (Phi) is 5.03. The Bertz CT molecular complexity index is 499. The van der Waals surface area contributed by atoms with Crippen LogP contribution < -0.4 is 16.4 Å². The van der Waals surface area contributed by atoms with E-state index >= 15 is 0 Å². The fourth-order valence-electron chi connectivity index (χ4n) is 2.44. The van der Waals surface area contributed by atoms with Crippen molar-refractivity contribution >= 4 is 17.3 Å². The van der Waals surface area contributed by atoms with E-state index in [2.05, 4.69) is 10.6 Å². The molecule has 5 N–H and O–H groups in total. The Morgan fingerprint density at radius 2 is 2.14 bits per heavy atom. The molecule has 1 amide bonds. The van der Waals surface area contributed by atoms with Crippen LogP contribution in [0.3, 0.4) is 0 Å². The van der Waals surface area contributed by atoms with Gasteiger partial charge in [-0.1, -0.05) is 0 Å². The van der Waals surface area contributed by atoms with Gasteiger partial charge in [-0.25, -0.2) is 0 Å². The number of rotatable bonds is 5. The number of nitrogens with one attached hydrogen (secondary N) is 2. The highest BCUT2D eigenvalue weighted by molar-refractivity contribution is 5.96. The van der Waals surface area contributed by atoms with Gasteiger partial charge in [-0.2, -0.15) is 0 Å². The van der Waals surface area contributed by atoms with E-state index in [1.165, 1.54) is 0 Å².